The lowest BCUT2D eigenvalue weighted by atomic mass is 10.0. The smallest absolute Gasteiger partial charge is 0.188 e. The Bertz CT molecular complexity index is 558. The van der Waals surface area contributed by atoms with Gasteiger partial charge in [-0.25, -0.2) is 9.97 Å². The van der Waals surface area contributed by atoms with Crippen molar-refractivity contribution in [3.63, 3.8) is 0 Å². The molecular formula is C12H13BrN4S. The van der Waals surface area contributed by atoms with E-state index in [2.05, 4.69) is 31.2 Å². The fourth-order valence-electron chi connectivity index (χ4n) is 2.07. The summed E-state index contributed by atoms with van der Waals surface area (Å²) in [6.45, 7) is 0. The van der Waals surface area contributed by atoms with Crippen molar-refractivity contribution in [2.45, 2.75) is 25.7 Å². The van der Waals surface area contributed by atoms with Crippen molar-refractivity contribution in [2.24, 2.45) is 0 Å². The van der Waals surface area contributed by atoms with E-state index in [1.165, 1.54) is 23.4 Å². The number of nitrogens with two attached hydrogens (primary N) is 1. The van der Waals surface area contributed by atoms with Gasteiger partial charge in [-0.15, -0.1) is 11.3 Å². The van der Waals surface area contributed by atoms with E-state index >= 15 is 0 Å². The van der Waals surface area contributed by atoms with Gasteiger partial charge in [0.1, 0.15) is 0 Å². The standard InChI is InChI=1S/C12H13BrN4S/c13-7-5-8(14)11(15-6-7)17-12-16-9-3-1-2-4-10(9)18-12/h5-6H,1-4,14H2,(H,15,16,17). The number of hydrogen-bond donors (Lipinski definition) is 2. The minimum absolute atomic E-state index is 0.623. The first-order valence-corrected chi connectivity index (χ1v) is 7.50. The predicted molar refractivity (Wildman–Crippen MR) is 78.4 cm³/mol. The van der Waals surface area contributed by atoms with Crippen molar-refractivity contribution >= 4 is 43.9 Å². The van der Waals surface area contributed by atoms with Crippen LogP contribution in [0, 0.1) is 0 Å². The third-order valence-electron chi connectivity index (χ3n) is 2.95. The number of nitrogens with zero attached hydrogens (tertiary/aromatic N) is 2. The van der Waals surface area contributed by atoms with Crippen molar-refractivity contribution in [2.75, 3.05) is 11.1 Å². The summed E-state index contributed by atoms with van der Waals surface area (Å²) in [5.74, 6) is 0.671. The zero-order chi connectivity index (χ0) is 12.5. The molecule has 94 valence electrons. The molecule has 6 heteroatoms. The van der Waals surface area contributed by atoms with Crippen LogP contribution in [0.5, 0.6) is 0 Å². The van der Waals surface area contributed by atoms with Gasteiger partial charge in [-0.1, -0.05) is 0 Å². The quantitative estimate of drug-likeness (QED) is 0.887. The Kier molecular flexibility index (Phi) is 3.22. The Morgan fingerprint density at radius 3 is 2.94 bits per heavy atom. The molecule has 3 rings (SSSR count). The molecule has 2 aromatic heterocycles. The normalized spacial score (nSPS) is 14.3. The minimum atomic E-state index is 0.623. The topological polar surface area (TPSA) is 63.8 Å². The Morgan fingerprint density at radius 2 is 2.17 bits per heavy atom. The van der Waals surface area contributed by atoms with E-state index in [0.717, 1.165) is 22.4 Å². The molecule has 2 heterocycles. The average Bonchev–Trinajstić information content (AvgIpc) is 2.75. The number of rotatable bonds is 2. The van der Waals surface area contributed by atoms with Gasteiger partial charge in [0, 0.05) is 15.5 Å². The molecule has 3 N–H and O–H groups in total. The van der Waals surface area contributed by atoms with Crippen molar-refractivity contribution in [1.82, 2.24) is 9.97 Å². The van der Waals surface area contributed by atoms with Gasteiger partial charge in [0.25, 0.3) is 0 Å². The molecule has 0 fully saturated rings. The molecule has 2 aromatic rings. The second-order valence-corrected chi connectivity index (χ2v) is 6.31. The Labute approximate surface area is 118 Å². The molecule has 1 aliphatic carbocycles. The first kappa shape index (κ1) is 11.9. The molecule has 0 amide bonds. The van der Waals surface area contributed by atoms with E-state index in [1.54, 1.807) is 17.5 Å². The molecule has 0 aliphatic heterocycles. The second-order valence-electron chi connectivity index (χ2n) is 4.31. The van der Waals surface area contributed by atoms with Crippen LogP contribution in [0.2, 0.25) is 0 Å². The number of aryl methyl sites for hydroxylation is 2. The van der Waals surface area contributed by atoms with E-state index in [0.29, 0.717) is 11.5 Å². The van der Waals surface area contributed by atoms with Crippen LogP contribution in [-0.2, 0) is 12.8 Å². The van der Waals surface area contributed by atoms with Crippen LogP contribution in [0.15, 0.2) is 16.7 Å². The van der Waals surface area contributed by atoms with E-state index in [-0.39, 0.29) is 0 Å². The van der Waals surface area contributed by atoms with Gasteiger partial charge in [-0.2, -0.15) is 0 Å². The maximum absolute atomic E-state index is 5.91. The summed E-state index contributed by atoms with van der Waals surface area (Å²) in [6, 6.07) is 1.84. The fraction of sp³-hybridized carbons (Fsp3) is 0.333. The lowest BCUT2D eigenvalue weighted by molar-refractivity contribution is 0.683. The largest absolute Gasteiger partial charge is 0.396 e. The first-order valence-electron chi connectivity index (χ1n) is 5.89. The fourth-order valence-corrected chi connectivity index (χ4v) is 3.46. The van der Waals surface area contributed by atoms with Crippen LogP contribution in [0.1, 0.15) is 23.4 Å². The number of nitrogens with one attached hydrogen (secondary N) is 1. The Balaban J connectivity index is 1.85. The lowest BCUT2D eigenvalue weighted by Crippen LogP contribution is -2.00. The minimum Gasteiger partial charge on any atom is -0.396 e. The summed E-state index contributed by atoms with van der Waals surface area (Å²) in [7, 11) is 0. The van der Waals surface area contributed by atoms with Gasteiger partial charge in [0.05, 0.1) is 11.4 Å². The van der Waals surface area contributed by atoms with Gasteiger partial charge < -0.3 is 11.1 Å². The van der Waals surface area contributed by atoms with Gasteiger partial charge in [-0.3, -0.25) is 0 Å². The van der Waals surface area contributed by atoms with Gasteiger partial charge in [-0.05, 0) is 47.7 Å². The van der Waals surface area contributed by atoms with Crippen molar-refractivity contribution in [3.05, 3.63) is 27.3 Å². The van der Waals surface area contributed by atoms with Gasteiger partial charge in [0.15, 0.2) is 10.9 Å². The molecule has 0 saturated carbocycles. The van der Waals surface area contributed by atoms with Crippen molar-refractivity contribution in [3.8, 4) is 0 Å². The van der Waals surface area contributed by atoms with Crippen LogP contribution in [0.3, 0.4) is 0 Å². The zero-order valence-electron chi connectivity index (χ0n) is 9.74. The van der Waals surface area contributed by atoms with Crippen LogP contribution >= 0.6 is 27.3 Å². The average molecular weight is 325 g/mol. The summed E-state index contributed by atoms with van der Waals surface area (Å²) < 4.78 is 0.879. The molecule has 4 nitrogen and oxygen atoms in total. The Morgan fingerprint density at radius 1 is 1.33 bits per heavy atom. The summed E-state index contributed by atoms with van der Waals surface area (Å²) in [5.41, 5.74) is 7.78. The second kappa shape index (κ2) is 4.85. The van der Waals surface area contributed by atoms with Gasteiger partial charge >= 0.3 is 0 Å². The molecule has 0 spiro atoms. The SMILES string of the molecule is Nc1cc(Br)cnc1Nc1nc2c(s1)CCCC2. The molecule has 0 atom stereocenters. The highest BCUT2D eigenvalue weighted by atomic mass is 79.9. The molecule has 0 bridgehead atoms. The Hall–Kier alpha value is -1.14. The van der Waals surface area contributed by atoms with Gasteiger partial charge in [0.2, 0.25) is 0 Å². The number of pyridine rings is 1. The molecule has 0 aromatic carbocycles. The number of fused-ring (bicyclic) bond motifs is 1. The third-order valence-corrected chi connectivity index (χ3v) is 4.46. The highest BCUT2D eigenvalue weighted by molar-refractivity contribution is 9.10. The summed E-state index contributed by atoms with van der Waals surface area (Å²) in [5, 5.41) is 4.10. The molecule has 0 saturated heterocycles. The molecule has 1 aliphatic rings. The van der Waals surface area contributed by atoms with E-state index in [1.807, 2.05) is 6.07 Å². The predicted octanol–water partition coefficient (Wildman–Crippen LogP) is 3.51. The molecule has 0 unspecified atom stereocenters. The molecule has 0 radical (unpaired) electrons. The number of anilines is 3. The number of thiazole rings is 1. The highest BCUT2D eigenvalue weighted by Crippen LogP contribution is 2.32. The molecule has 18 heavy (non-hydrogen) atoms. The number of hydrogen-bond acceptors (Lipinski definition) is 5. The maximum Gasteiger partial charge on any atom is 0.188 e. The first-order chi connectivity index (χ1) is 8.72. The summed E-state index contributed by atoms with van der Waals surface area (Å²) in [6.07, 6.45) is 6.49. The van der Waals surface area contributed by atoms with Crippen LogP contribution in [0.4, 0.5) is 16.6 Å². The number of nitrogen functional groups attached to an aromatic ring is 1. The zero-order valence-corrected chi connectivity index (χ0v) is 12.1. The van der Waals surface area contributed by atoms with Crippen molar-refractivity contribution < 1.29 is 0 Å². The van der Waals surface area contributed by atoms with Crippen LogP contribution in [-0.4, -0.2) is 9.97 Å². The van der Waals surface area contributed by atoms with Crippen LogP contribution in [0.25, 0.3) is 0 Å². The summed E-state index contributed by atoms with van der Waals surface area (Å²) >= 11 is 5.06. The number of aromatic nitrogens is 2. The van der Waals surface area contributed by atoms with Crippen LogP contribution < -0.4 is 11.1 Å². The maximum atomic E-state index is 5.91. The lowest BCUT2D eigenvalue weighted by Gasteiger charge is -2.06. The third kappa shape index (κ3) is 2.35. The van der Waals surface area contributed by atoms with Crippen molar-refractivity contribution in [1.29, 1.82) is 0 Å². The summed E-state index contributed by atoms with van der Waals surface area (Å²) in [4.78, 5) is 10.3. The number of halogens is 1. The highest BCUT2D eigenvalue weighted by Gasteiger charge is 2.15. The van der Waals surface area contributed by atoms with E-state index in [9.17, 15) is 0 Å². The van der Waals surface area contributed by atoms with E-state index < -0.39 is 0 Å². The molecular weight excluding hydrogens is 312 g/mol. The monoisotopic (exact) mass is 324 g/mol. The van der Waals surface area contributed by atoms with E-state index in [4.69, 9.17) is 5.73 Å².